The number of fused-ring (bicyclic) bond motifs is 1. The van der Waals surface area contributed by atoms with Gasteiger partial charge in [-0.1, -0.05) is 11.8 Å². The summed E-state index contributed by atoms with van der Waals surface area (Å²) < 4.78 is 29.6. The monoisotopic (exact) mass is 527 g/mol. The van der Waals surface area contributed by atoms with Gasteiger partial charge in [0.1, 0.15) is 22.7 Å². The number of likely N-dealkylation sites (N-methyl/N-ethyl adjacent to an activating group) is 1. The molecule has 0 saturated carbocycles. The number of rotatable bonds is 4. The Kier molecular flexibility index (Phi) is 7.54. The first-order valence-electron chi connectivity index (χ1n) is 12.5. The Hall–Kier alpha value is -4.33. The number of anilines is 1. The number of amides is 1. The Morgan fingerprint density at radius 2 is 1.62 bits per heavy atom. The lowest BCUT2D eigenvalue weighted by Gasteiger charge is -2.32. The molecule has 1 saturated heterocycles. The van der Waals surface area contributed by atoms with Gasteiger partial charge in [-0.05, 0) is 39.1 Å². The quantitative estimate of drug-likeness (QED) is 0.405. The largest absolute Gasteiger partial charge is 0.322 e. The van der Waals surface area contributed by atoms with E-state index in [1.54, 1.807) is 18.5 Å². The molecule has 0 radical (unpaired) electrons. The van der Waals surface area contributed by atoms with Crippen LogP contribution in [-0.4, -0.2) is 68.9 Å². The lowest BCUT2D eigenvalue weighted by molar-refractivity contribution is 0.102. The summed E-state index contributed by atoms with van der Waals surface area (Å²) in [4.78, 5) is 34.4. The number of carbonyl (C=O) groups excluding carboxylic acids is 1. The lowest BCUT2D eigenvalue weighted by Crippen LogP contribution is -2.44. The van der Waals surface area contributed by atoms with Gasteiger partial charge >= 0.3 is 0 Å². The second kappa shape index (κ2) is 11.2. The lowest BCUT2D eigenvalue weighted by atomic mass is 10.1. The molecule has 1 amide bonds. The molecule has 39 heavy (non-hydrogen) atoms. The number of hydrogen-bond acceptors (Lipinski definition) is 7. The van der Waals surface area contributed by atoms with Gasteiger partial charge in [0, 0.05) is 68.1 Å². The number of nitrogens with one attached hydrogen (secondary N) is 1. The maximum atomic E-state index is 14.8. The SMILES string of the molecule is Cc1nc2cncc(C#Cc3cncc(C(=O)Nc4cc(F)c(CN5CCN(C)CC5)c(F)c4)c3)c2nc1C. The third kappa shape index (κ3) is 6.06. The highest BCUT2D eigenvalue weighted by atomic mass is 19.1. The first-order chi connectivity index (χ1) is 18.8. The number of hydrogen-bond donors (Lipinski definition) is 1. The van der Waals surface area contributed by atoms with Crippen LogP contribution in [0.4, 0.5) is 14.5 Å². The van der Waals surface area contributed by atoms with E-state index in [-0.39, 0.29) is 23.4 Å². The molecule has 8 nitrogen and oxygen atoms in total. The van der Waals surface area contributed by atoms with Crippen molar-refractivity contribution < 1.29 is 13.6 Å². The number of halogens is 2. The molecule has 0 bridgehead atoms. The van der Waals surface area contributed by atoms with Crippen molar-refractivity contribution in [3.8, 4) is 11.8 Å². The third-order valence-electron chi connectivity index (χ3n) is 6.71. The maximum absolute atomic E-state index is 14.8. The van der Waals surface area contributed by atoms with Gasteiger partial charge in [-0.25, -0.2) is 18.7 Å². The average Bonchev–Trinajstić information content (AvgIpc) is 2.91. The van der Waals surface area contributed by atoms with Gasteiger partial charge in [0.25, 0.3) is 5.91 Å². The standard InChI is InChI=1S/C29H27F2N7O/c1-18-19(2)35-28-21(14-33-16-27(28)34-18)5-4-20-10-22(15-32-13-20)29(39)36-23-11-25(30)24(26(31)12-23)17-38-8-6-37(3)7-9-38/h10-16H,6-9,17H2,1-3H3,(H,36,39). The Balaban J connectivity index is 1.31. The number of aryl methyl sites for hydroxylation is 2. The zero-order valence-corrected chi connectivity index (χ0v) is 21.9. The molecule has 198 valence electrons. The number of nitrogens with zero attached hydrogens (tertiary/aromatic N) is 6. The average molecular weight is 528 g/mol. The van der Waals surface area contributed by atoms with E-state index in [2.05, 4.69) is 42.0 Å². The fourth-order valence-corrected chi connectivity index (χ4v) is 4.27. The van der Waals surface area contributed by atoms with Crippen molar-refractivity contribution in [1.29, 1.82) is 0 Å². The summed E-state index contributed by atoms with van der Waals surface area (Å²) in [6.45, 7) is 7.12. The van der Waals surface area contributed by atoms with Crippen LogP contribution in [0.5, 0.6) is 0 Å². The van der Waals surface area contributed by atoms with Crippen LogP contribution in [0.15, 0.2) is 43.0 Å². The summed E-state index contributed by atoms with van der Waals surface area (Å²) in [7, 11) is 2.02. The number of benzene rings is 1. The van der Waals surface area contributed by atoms with E-state index < -0.39 is 17.5 Å². The predicted octanol–water partition coefficient (Wildman–Crippen LogP) is 3.71. The van der Waals surface area contributed by atoms with E-state index in [9.17, 15) is 13.6 Å². The van der Waals surface area contributed by atoms with E-state index in [1.165, 1.54) is 12.4 Å². The minimum atomic E-state index is -0.695. The molecule has 4 heterocycles. The van der Waals surface area contributed by atoms with Gasteiger partial charge < -0.3 is 10.2 Å². The first-order valence-corrected chi connectivity index (χ1v) is 12.5. The molecule has 0 aliphatic carbocycles. The molecular weight excluding hydrogens is 500 g/mol. The summed E-state index contributed by atoms with van der Waals surface area (Å²) in [6, 6.07) is 3.84. The van der Waals surface area contributed by atoms with Crippen LogP contribution in [0, 0.1) is 37.3 Å². The highest BCUT2D eigenvalue weighted by Crippen LogP contribution is 2.22. The molecule has 3 aromatic heterocycles. The molecular formula is C29H27F2N7O. The summed E-state index contributed by atoms with van der Waals surface area (Å²) >= 11 is 0. The zero-order chi connectivity index (χ0) is 27.5. The van der Waals surface area contributed by atoms with Crippen LogP contribution in [0.3, 0.4) is 0 Å². The van der Waals surface area contributed by atoms with Crippen molar-refractivity contribution in [3.63, 3.8) is 0 Å². The van der Waals surface area contributed by atoms with Crippen molar-refractivity contribution >= 4 is 22.6 Å². The molecule has 0 unspecified atom stereocenters. The van der Waals surface area contributed by atoms with Gasteiger partial charge in [0.05, 0.1) is 28.7 Å². The molecule has 4 aromatic rings. The number of piperazine rings is 1. The van der Waals surface area contributed by atoms with Crippen LogP contribution in [0.1, 0.15) is 38.4 Å². The Labute approximate surface area is 225 Å². The third-order valence-corrected chi connectivity index (χ3v) is 6.71. The van der Waals surface area contributed by atoms with Crippen molar-refractivity contribution in [3.05, 3.63) is 88.3 Å². The number of aromatic nitrogens is 4. The zero-order valence-electron chi connectivity index (χ0n) is 21.9. The van der Waals surface area contributed by atoms with Crippen LogP contribution >= 0.6 is 0 Å². The smallest absolute Gasteiger partial charge is 0.257 e. The summed E-state index contributed by atoms with van der Waals surface area (Å²) in [5.41, 5.74) is 4.21. The molecule has 1 aliphatic rings. The van der Waals surface area contributed by atoms with E-state index in [1.807, 2.05) is 25.8 Å². The molecule has 5 rings (SSSR count). The molecule has 1 fully saturated rings. The Bertz CT molecular complexity index is 1600. The Morgan fingerprint density at radius 1 is 0.923 bits per heavy atom. The van der Waals surface area contributed by atoms with Crippen molar-refractivity contribution in [2.24, 2.45) is 0 Å². The highest BCUT2D eigenvalue weighted by Gasteiger charge is 2.19. The summed E-state index contributed by atoms with van der Waals surface area (Å²) in [6.07, 6.45) is 6.14. The number of carbonyl (C=O) groups is 1. The van der Waals surface area contributed by atoms with Crippen LogP contribution in [-0.2, 0) is 6.54 Å². The van der Waals surface area contributed by atoms with Gasteiger partial charge in [-0.2, -0.15) is 0 Å². The van der Waals surface area contributed by atoms with Gasteiger partial charge in [0.2, 0.25) is 0 Å². The normalized spacial score (nSPS) is 14.2. The van der Waals surface area contributed by atoms with Crippen LogP contribution in [0.25, 0.3) is 11.0 Å². The van der Waals surface area contributed by atoms with Crippen LogP contribution in [0.2, 0.25) is 0 Å². The predicted molar refractivity (Wildman–Crippen MR) is 144 cm³/mol. The van der Waals surface area contributed by atoms with Crippen molar-refractivity contribution in [1.82, 2.24) is 29.7 Å². The fraction of sp³-hybridized carbons (Fsp3) is 0.276. The van der Waals surface area contributed by atoms with Crippen molar-refractivity contribution in [2.75, 3.05) is 38.5 Å². The maximum Gasteiger partial charge on any atom is 0.257 e. The van der Waals surface area contributed by atoms with Gasteiger partial charge in [-0.3, -0.25) is 19.7 Å². The second-order valence-electron chi connectivity index (χ2n) is 9.61. The molecule has 0 spiro atoms. The summed E-state index contributed by atoms with van der Waals surface area (Å²) in [5.74, 6) is 4.07. The second-order valence-corrected chi connectivity index (χ2v) is 9.61. The van der Waals surface area contributed by atoms with Crippen LogP contribution < -0.4 is 5.32 Å². The summed E-state index contributed by atoms with van der Waals surface area (Å²) in [5, 5.41) is 2.56. The van der Waals surface area contributed by atoms with Gasteiger partial charge in [0.15, 0.2) is 0 Å². The van der Waals surface area contributed by atoms with E-state index in [0.29, 0.717) is 22.2 Å². The molecule has 1 aromatic carbocycles. The number of pyridine rings is 2. The molecule has 1 N–H and O–H groups in total. The minimum absolute atomic E-state index is 0.00513. The Morgan fingerprint density at radius 3 is 2.36 bits per heavy atom. The molecule has 1 aliphatic heterocycles. The highest BCUT2D eigenvalue weighted by molar-refractivity contribution is 6.04. The first kappa shape index (κ1) is 26.3. The fourth-order valence-electron chi connectivity index (χ4n) is 4.27. The van der Waals surface area contributed by atoms with Gasteiger partial charge in [-0.15, -0.1) is 0 Å². The minimum Gasteiger partial charge on any atom is -0.322 e. The molecule has 10 heteroatoms. The van der Waals surface area contributed by atoms with Crippen molar-refractivity contribution in [2.45, 2.75) is 20.4 Å². The topological polar surface area (TPSA) is 87.1 Å². The van der Waals surface area contributed by atoms with E-state index >= 15 is 0 Å². The van der Waals surface area contributed by atoms with E-state index in [0.717, 1.165) is 49.7 Å². The van der Waals surface area contributed by atoms with E-state index in [4.69, 9.17) is 0 Å². The molecule has 0 atom stereocenters.